The van der Waals surface area contributed by atoms with Gasteiger partial charge in [0, 0.05) is 31.0 Å². The van der Waals surface area contributed by atoms with Crippen molar-refractivity contribution in [2.24, 2.45) is 5.92 Å². The first-order valence-electron chi connectivity index (χ1n) is 7.07. The van der Waals surface area contributed by atoms with E-state index in [1.807, 2.05) is 31.3 Å². The lowest BCUT2D eigenvalue weighted by Gasteiger charge is -2.12. The van der Waals surface area contributed by atoms with E-state index >= 15 is 0 Å². The lowest BCUT2D eigenvalue weighted by atomic mass is 10.2. The van der Waals surface area contributed by atoms with Crippen LogP contribution in [0.5, 0.6) is 11.6 Å². The van der Waals surface area contributed by atoms with Gasteiger partial charge in [0.2, 0.25) is 0 Å². The molecule has 1 aromatic carbocycles. The van der Waals surface area contributed by atoms with E-state index in [0.29, 0.717) is 24.8 Å². The van der Waals surface area contributed by atoms with Crippen molar-refractivity contribution in [2.75, 3.05) is 7.05 Å². The van der Waals surface area contributed by atoms with Crippen LogP contribution in [0.1, 0.15) is 19.4 Å². The Morgan fingerprint density at radius 1 is 1.33 bits per heavy atom. The van der Waals surface area contributed by atoms with Crippen molar-refractivity contribution >= 4 is 0 Å². The largest absolute Gasteiger partial charge is 0.434 e. The molecule has 21 heavy (non-hydrogen) atoms. The Labute approximate surface area is 124 Å². The van der Waals surface area contributed by atoms with E-state index in [-0.39, 0.29) is 11.4 Å². The normalized spacial score (nSPS) is 10.9. The van der Waals surface area contributed by atoms with Gasteiger partial charge in [-0.3, -0.25) is 4.79 Å². The molecule has 0 aliphatic carbocycles. The fraction of sp³-hybridized carbons (Fsp3) is 0.375. The third-order valence-electron chi connectivity index (χ3n) is 2.99. The van der Waals surface area contributed by atoms with Crippen LogP contribution in [-0.4, -0.2) is 16.6 Å². The van der Waals surface area contributed by atoms with Gasteiger partial charge < -0.3 is 14.6 Å². The molecular weight excluding hydrogens is 266 g/mol. The molecule has 1 aromatic heterocycles. The summed E-state index contributed by atoms with van der Waals surface area (Å²) in [6, 6.07) is 7.62. The zero-order chi connectivity index (χ0) is 15.2. The highest BCUT2D eigenvalue weighted by Crippen LogP contribution is 2.21. The molecule has 0 aliphatic rings. The lowest BCUT2D eigenvalue weighted by molar-refractivity contribution is 0.427. The first-order chi connectivity index (χ1) is 10.1. The minimum Gasteiger partial charge on any atom is -0.434 e. The Kier molecular flexibility index (Phi) is 5.11. The van der Waals surface area contributed by atoms with E-state index in [1.165, 1.54) is 0 Å². The Morgan fingerprint density at radius 2 is 2.10 bits per heavy atom. The van der Waals surface area contributed by atoms with Crippen molar-refractivity contribution in [3.63, 3.8) is 0 Å². The fourth-order valence-corrected chi connectivity index (χ4v) is 2.08. The second kappa shape index (κ2) is 7.04. The lowest BCUT2D eigenvalue weighted by Crippen LogP contribution is -2.23. The maximum atomic E-state index is 12.3. The van der Waals surface area contributed by atoms with Crippen molar-refractivity contribution in [1.82, 2.24) is 14.9 Å². The van der Waals surface area contributed by atoms with Gasteiger partial charge >= 0.3 is 5.56 Å². The molecule has 2 rings (SSSR count). The van der Waals surface area contributed by atoms with E-state index in [2.05, 4.69) is 24.1 Å². The molecular formula is C16H21N3O2. The van der Waals surface area contributed by atoms with Crippen LogP contribution in [0.4, 0.5) is 0 Å². The smallest absolute Gasteiger partial charge is 0.313 e. The molecule has 112 valence electrons. The fourth-order valence-electron chi connectivity index (χ4n) is 2.08. The number of para-hydroxylation sites is 1. The molecule has 0 radical (unpaired) electrons. The number of hydrogen-bond acceptors (Lipinski definition) is 4. The van der Waals surface area contributed by atoms with Crippen molar-refractivity contribution in [1.29, 1.82) is 0 Å². The van der Waals surface area contributed by atoms with Crippen LogP contribution in [-0.2, 0) is 13.1 Å². The zero-order valence-electron chi connectivity index (χ0n) is 12.7. The van der Waals surface area contributed by atoms with Gasteiger partial charge in [0.25, 0.3) is 5.88 Å². The predicted molar refractivity (Wildman–Crippen MR) is 82.6 cm³/mol. The van der Waals surface area contributed by atoms with Crippen LogP contribution < -0.4 is 15.6 Å². The van der Waals surface area contributed by atoms with Gasteiger partial charge in [0.1, 0.15) is 5.75 Å². The minimum absolute atomic E-state index is 0.113. The highest BCUT2D eigenvalue weighted by Gasteiger charge is 2.10. The molecule has 2 aromatic rings. The molecule has 0 atom stereocenters. The number of nitrogens with zero attached hydrogens (tertiary/aromatic N) is 2. The zero-order valence-corrected chi connectivity index (χ0v) is 12.7. The van der Waals surface area contributed by atoms with Gasteiger partial charge in [-0.05, 0) is 19.0 Å². The molecule has 5 heteroatoms. The molecule has 0 aliphatic heterocycles. The molecule has 0 bridgehead atoms. The van der Waals surface area contributed by atoms with E-state index in [9.17, 15) is 4.79 Å². The van der Waals surface area contributed by atoms with Crippen molar-refractivity contribution in [3.8, 4) is 11.6 Å². The summed E-state index contributed by atoms with van der Waals surface area (Å²) in [6.07, 6.45) is 3.29. The van der Waals surface area contributed by atoms with Gasteiger partial charge in [-0.1, -0.05) is 32.0 Å². The van der Waals surface area contributed by atoms with Crippen molar-refractivity contribution < 1.29 is 4.74 Å². The summed E-state index contributed by atoms with van der Waals surface area (Å²) in [6.45, 7) is 5.45. The highest BCUT2D eigenvalue weighted by molar-refractivity contribution is 5.35. The summed E-state index contributed by atoms with van der Waals surface area (Å²) < 4.78 is 7.36. The molecule has 0 unspecified atom stereocenters. The minimum atomic E-state index is -0.203. The molecule has 1 heterocycles. The average Bonchev–Trinajstić information content (AvgIpc) is 2.45. The molecule has 0 amide bonds. The summed E-state index contributed by atoms with van der Waals surface area (Å²) in [7, 11) is 1.87. The van der Waals surface area contributed by atoms with Gasteiger partial charge in [0.15, 0.2) is 0 Å². The van der Waals surface area contributed by atoms with E-state index in [1.54, 1.807) is 17.0 Å². The molecule has 0 fully saturated rings. The number of benzene rings is 1. The van der Waals surface area contributed by atoms with Crippen LogP contribution >= 0.6 is 0 Å². The molecule has 1 N–H and O–H groups in total. The van der Waals surface area contributed by atoms with Crippen LogP contribution in [0.15, 0.2) is 41.5 Å². The molecule has 0 spiro atoms. The number of ether oxygens (including phenoxy) is 1. The van der Waals surface area contributed by atoms with Gasteiger partial charge in [-0.2, -0.15) is 0 Å². The Balaban J connectivity index is 2.30. The Hall–Kier alpha value is -2.14. The second-order valence-corrected chi connectivity index (χ2v) is 5.32. The predicted octanol–water partition coefficient (Wildman–Crippen LogP) is 2.41. The van der Waals surface area contributed by atoms with Crippen LogP contribution in [0.3, 0.4) is 0 Å². The summed E-state index contributed by atoms with van der Waals surface area (Å²) in [4.78, 5) is 16.4. The van der Waals surface area contributed by atoms with Gasteiger partial charge in [0.05, 0.1) is 0 Å². The third-order valence-corrected chi connectivity index (χ3v) is 2.99. The van der Waals surface area contributed by atoms with Crippen LogP contribution in [0.25, 0.3) is 0 Å². The number of nitrogens with one attached hydrogen (secondary N) is 1. The van der Waals surface area contributed by atoms with E-state index < -0.39 is 0 Å². The Morgan fingerprint density at radius 3 is 2.81 bits per heavy atom. The summed E-state index contributed by atoms with van der Waals surface area (Å²) >= 11 is 0. The second-order valence-electron chi connectivity index (χ2n) is 5.32. The van der Waals surface area contributed by atoms with Crippen molar-refractivity contribution in [2.45, 2.75) is 26.9 Å². The van der Waals surface area contributed by atoms with E-state index in [4.69, 9.17) is 4.74 Å². The Bertz CT molecular complexity index is 650. The standard InChI is InChI=1S/C16H21N3O2/c1-12(2)11-19-9-8-18-15(16(19)20)21-14-7-5-4-6-13(14)10-17-3/h4-9,12,17H,10-11H2,1-3H3. The van der Waals surface area contributed by atoms with Gasteiger partial charge in [-0.15, -0.1) is 0 Å². The number of rotatable bonds is 6. The SMILES string of the molecule is CNCc1ccccc1Oc1nccn(CC(C)C)c1=O. The van der Waals surface area contributed by atoms with E-state index in [0.717, 1.165) is 5.56 Å². The molecule has 0 saturated carbocycles. The highest BCUT2D eigenvalue weighted by atomic mass is 16.5. The van der Waals surface area contributed by atoms with Crippen LogP contribution in [0, 0.1) is 5.92 Å². The summed E-state index contributed by atoms with van der Waals surface area (Å²) in [5, 5.41) is 3.08. The molecule has 5 nitrogen and oxygen atoms in total. The first kappa shape index (κ1) is 15.3. The van der Waals surface area contributed by atoms with Crippen LogP contribution in [0.2, 0.25) is 0 Å². The summed E-state index contributed by atoms with van der Waals surface area (Å²) in [5.41, 5.74) is 0.783. The molecule has 0 saturated heterocycles. The topological polar surface area (TPSA) is 56.1 Å². The first-order valence-corrected chi connectivity index (χ1v) is 7.07. The maximum Gasteiger partial charge on any atom is 0.313 e. The monoisotopic (exact) mass is 287 g/mol. The quantitative estimate of drug-likeness (QED) is 0.886. The number of aromatic nitrogens is 2. The number of hydrogen-bond donors (Lipinski definition) is 1. The maximum absolute atomic E-state index is 12.3. The van der Waals surface area contributed by atoms with Crippen molar-refractivity contribution in [3.05, 3.63) is 52.6 Å². The third kappa shape index (κ3) is 3.92. The van der Waals surface area contributed by atoms with Gasteiger partial charge in [-0.25, -0.2) is 4.98 Å². The summed E-state index contributed by atoms with van der Waals surface area (Å²) in [5.74, 6) is 1.15. The average molecular weight is 287 g/mol.